The van der Waals surface area contributed by atoms with Gasteiger partial charge in [0.25, 0.3) is 0 Å². The molecule has 94 valence electrons. The number of alkyl halides is 3. The summed E-state index contributed by atoms with van der Waals surface area (Å²) < 4.78 is -1.72. The molecule has 0 aliphatic heterocycles. The van der Waals surface area contributed by atoms with Gasteiger partial charge in [-0.2, -0.15) is 0 Å². The minimum absolute atomic E-state index is 0.351. The van der Waals surface area contributed by atoms with Crippen LogP contribution < -0.4 is 10.6 Å². The molecular formula is C9H7Cl5N2O. The minimum atomic E-state index is -1.72. The fourth-order valence-corrected chi connectivity index (χ4v) is 1.86. The van der Waals surface area contributed by atoms with Gasteiger partial charge in [0.05, 0.1) is 10.7 Å². The Morgan fingerprint density at radius 2 is 1.88 bits per heavy atom. The second-order valence-corrected chi connectivity index (χ2v) is 6.24. The predicted octanol–water partition coefficient (Wildman–Crippen LogP) is 3.85. The Balaban J connectivity index is 2.90. The molecule has 0 heterocycles. The lowest BCUT2D eigenvalue weighted by molar-refractivity contribution is -0.110. The first-order valence-corrected chi connectivity index (χ1v) is 6.21. The minimum Gasteiger partial charge on any atom is -0.361 e. The smallest absolute Gasteiger partial charge is 0.228 e. The number of carbonyl (C=O) groups excluding carboxylic acids is 1. The number of benzene rings is 1. The van der Waals surface area contributed by atoms with Gasteiger partial charge in [-0.3, -0.25) is 4.79 Å². The third-order valence-corrected chi connectivity index (χ3v) is 3.00. The molecule has 2 N–H and O–H groups in total. The molecule has 1 aromatic carbocycles. The SMILES string of the molecule is O=CN[C@@H](Nc1ccc(Cl)cc1Cl)C(Cl)(Cl)Cl. The van der Waals surface area contributed by atoms with E-state index in [0.29, 0.717) is 22.1 Å². The molecule has 0 fully saturated rings. The van der Waals surface area contributed by atoms with Crippen LogP contribution in [-0.2, 0) is 4.79 Å². The highest BCUT2D eigenvalue weighted by Crippen LogP contribution is 2.33. The third kappa shape index (κ3) is 4.60. The average Bonchev–Trinajstić information content (AvgIpc) is 2.19. The molecule has 0 bridgehead atoms. The van der Waals surface area contributed by atoms with E-state index in [1.807, 2.05) is 0 Å². The van der Waals surface area contributed by atoms with Crippen molar-refractivity contribution in [1.29, 1.82) is 0 Å². The number of amides is 1. The summed E-state index contributed by atoms with van der Waals surface area (Å²) in [5.41, 5.74) is 0.488. The van der Waals surface area contributed by atoms with Crippen LogP contribution in [-0.4, -0.2) is 16.4 Å². The van der Waals surface area contributed by atoms with Crippen molar-refractivity contribution in [2.24, 2.45) is 0 Å². The fourth-order valence-electron chi connectivity index (χ4n) is 1.05. The van der Waals surface area contributed by atoms with E-state index >= 15 is 0 Å². The second-order valence-electron chi connectivity index (χ2n) is 3.03. The van der Waals surface area contributed by atoms with Crippen molar-refractivity contribution in [3.63, 3.8) is 0 Å². The Morgan fingerprint density at radius 1 is 1.24 bits per heavy atom. The van der Waals surface area contributed by atoms with E-state index in [1.54, 1.807) is 12.1 Å². The largest absolute Gasteiger partial charge is 0.361 e. The molecule has 1 atom stereocenters. The van der Waals surface area contributed by atoms with E-state index in [9.17, 15) is 4.79 Å². The number of nitrogens with one attached hydrogen (secondary N) is 2. The summed E-state index contributed by atoms with van der Waals surface area (Å²) in [5.74, 6) is 0. The van der Waals surface area contributed by atoms with Crippen molar-refractivity contribution in [2.75, 3.05) is 5.32 Å². The van der Waals surface area contributed by atoms with Crippen LogP contribution in [0.15, 0.2) is 18.2 Å². The predicted molar refractivity (Wildman–Crippen MR) is 73.4 cm³/mol. The number of hydrogen-bond donors (Lipinski definition) is 2. The summed E-state index contributed by atoms with van der Waals surface area (Å²) in [5, 5.41) is 5.95. The van der Waals surface area contributed by atoms with E-state index in [2.05, 4.69) is 10.6 Å². The van der Waals surface area contributed by atoms with E-state index in [4.69, 9.17) is 58.0 Å². The highest BCUT2D eigenvalue weighted by molar-refractivity contribution is 6.68. The van der Waals surface area contributed by atoms with E-state index in [1.165, 1.54) is 6.07 Å². The summed E-state index contributed by atoms with van der Waals surface area (Å²) in [4.78, 5) is 10.4. The highest BCUT2D eigenvalue weighted by Gasteiger charge is 2.32. The van der Waals surface area contributed by atoms with Gasteiger partial charge in [-0.15, -0.1) is 0 Å². The Hall–Kier alpha value is -0.0600. The number of rotatable bonds is 4. The van der Waals surface area contributed by atoms with Gasteiger partial charge in [-0.05, 0) is 18.2 Å². The van der Waals surface area contributed by atoms with Crippen molar-refractivity contribution in [3.05, 3.63) is 28.2 Å². The molecule has 8 heteroatoms. The molecule has 17 heavy (non-hydrogen) atoms. The van der Waals surface area contributed by atoms with Gasteiger partial charge in [0, 0.05) is 5.02 Å². The summed E-state index contributed by atoms with van der Waals surface area (Å²) in [6.45, 7) is 0. The molecule has 0 saturated carbocycles. The Kier molecular flexibility index (Phi) is 5.48. The van der Waals surface area contributed by atoms with Gasteiger partial charge in [-0.25, -0.2) is 0 Å². The summed E-state index contributed by atoms with van der Waals surface area (Å²) in [6, 6.07) is 4.76. The van der Waals surface area contributed by atoms with Gasteiger partial charge in [-0.1, -0.05) is 58.0 Å². The van der Waals surface area contributed by atoms with Crippen molar-refractivity contribution in [3.8, 4) is 0 Å². The summed E-state index contributed by atoms with van der Waals surface area (Å²) in [7, 11) is 0. The first-order chi connectivity index (χ1) is 7.84. The molecule has 3 nitrogen and oxygen atoms in total. The number of hydrogen-bond acceptors (Lipinski definition) is 2. The molecule has 0 radical (unpaired) electrons. The normalized spacial score (nSPS) is 13.0. The maximum Gasteiger partial charge on any atom is 0.228 e. The number of anilines is 1. The summed E-state index contributed by atoms with van der Waals surface area (Å²) >= 11 is 28.7. The van der Waals surface area contributed by atoms with Crippen molar-refractivity contribution < 1.29 is 4.79 Å². The molecule has 0 saturated heterocycles. The summed E-state index contributed by atoms with van der Waals surface area (Å²) in [6.07, 6.45) is -0.493. The molecule has 0 unspecified atom stereocenters. The fraction of sp³-hybridized carbons (Fsp3) is 0.222. The Bertz CT molecular complexity index is 407. The van der Waals surface area contributed by atoms with Crippen LogP contribution in [0.1, 0.15) is 0 Å². The molecule has 1 amide bonds. The lowest BCUT2D eigenvalue weighted by Crippen LogP contribution is -2.45. The lowest BCUT2D eigenvalue weighted by atomic mass is 10.3. The molecule has 0 spiro atoms. The molecule has 0 aliphatic rings. The van der Waals surface area contributed by atoms with Crippen LogP contribution >= 0.6 is 58.0 Å². The Morgan fingerprint density at radius 3 is 2.35 bits per heavy atom. The van der Waals surface area contributed by atoms with Crippen LogP contribution in [0, 0.1) is 0 Å². The maximum absolute atomic E-state index is 10.4. The first kappa shape index (κ1) is 15.0. The van der Waals surface area contributed by atoms with Gasteiger partial charge in [0.1, 0.15) is 6.17 Å². The van der Waals surface area contributed by atoms with Crippen molar-refractivity contribution in [1.82, 2.24) is 5.32 Å². The zero-order valence-corrected chi connectivity index (χ0v) is 12.0. The van der Waals surface area contributed by atoms with Crippen LogP contribution in [0.25, 0.3) is 0 Å². The number of halogens is 5. The maximum atomic E-state index is 10.4. The van der Waals surface area contributed by atoms with E-state index in [0.717, 1.165) is 0 Å². The number of carbonyl (C=O) groups is 1. The van der Waals surface area contributed by atoms with E-state index in [-0.39, 0.29) is 0 Å². The highest BCUT2D eigenvalue weighted by atomic mass is 35.6. The first-order valence-electron chi connectivity index (χ1n) is 4.32. The molecule has 1 rings (SSSR count). The van der Waals surface area contributed by atoms with Crippen LogP contribution in [0.5, 0.6) is 0 Å². The monoisotopic (exact) mass is 334 g/mol. The van der Waals surface area contributed by atoms with Gasteiger partial charge in [0.15, 0.2) is 0 Å². The molecule has 0 aliphatic carbocycles. The van der Waals surface area contributed by atoms with Crippen LogP contribution in [0.3, 0.4) is 0 Å². The zero-order valence-electron chi connectivity index (χ0n) is 8.18. The second kappa shape index (κ2) is 6.21. The molecule has 0 aromatic heterocycles. The van der Waals surface area contributed by atoms with Gasteiger partial charge < -0.3 is 10.6 Å². The van der Waals surface area contributed by atoms with E-state index < -0.39 is 9.96 Å². The third-order valence-electron chi connectivity index (χ3n) is 1.79. The van der Waals surface area contributed by atoms with Gasteiger partial charge >= 0.3 is 0 Å². The van der Waals surface area contributed by atoms with Crippen molar-refractivity contribution >= 4 is 70.1 Å². The standard InChI is InChI=1S/C9H7Cl5N2O/c10-5-1-2-7(6(11)3-5)16-8(15-4-17)9(12,13)14/h1-4,8,16H,(H,15,17)/t8-/m0/s1. The zero-order chi connectivity index (χ0) is 13.1. The molecule has 1 aromatic rings. The van der Waals surface area contributed by atoms with Crippen molar-refractivity contribution in [2.45, 2.75) is 9.96 Å². The van der Waals surface area contributed by atoms with Gasteiger partial charge in [0.2, 0.25) is 10.2 Å². The molecular weight excluding hydrogens is 329 g/mol. The van der Waals surface area contributed by atoms with Crippen LogP contribution in [0.4, 0.5) is 5.69 Å². The van der Waals surface area contributed by atoms with Crippen LogP contribution in [0.2, 0.25) is 10.0 Å². The Labute approximate surface area is 123 Å². The topological polar surface area (TPSA) is 41.1 Å². The lowest BCUT2D eigenvalue weighted by Gasteiger charge is -2.26. The average molecular weight is 336 g/mol. The quantitative estimate of drug-likeness (QED) is 0.498.